The number of likely N-dealkylation sites (tertiary alicyclic amines) is 1. The highest BCUT2D eigenvalue weighted by Crippen LogP contribution is 2.45. The van der Waals surface area contributed by atoms with Crippen molar-refractivity contribution >= 4 is 11.8 Å². The average Bonchev–Trinajstić information content (AvgIpc) is 3.38. The second kappa shape index (κ2) is 14.0. The molecule has 2 heterocycles. The summed E-state index contributed by atoms with van der Waals surface area (Å²) in [7, 11) is 0. The Labute approximate surface area is 270 Å². The van der Waals surface area contributed by atoms with Gasteiger partial charge in [-0.2, -0.15) is 0 Å². The highest BCUT2D eigenvalue weighted by Gasteiger charge is 2.39. The summed E-state index contributed by atoms with van der Waals surface area (Å²) in [5, 5.41) is 3.02. The number of carbonyl (C=O) groups excluding carboxylic acids is 1. The van der Waals surface area contributed by atoms with Crippen molar-refractivity contribution in [3.63, 3.8) is 0 Å². The van der Waals surface area contributed by atoms with Crippen molar-refractivity contribution < 1.29 is 19.0 Å². The predicted molar refractivity (Wildman–Crippen MR) is 182 cm³/mol. The zero-order chi connectivity index (χ0) is 32.2. The van der Waals surface area contributed by atoms with Gasteiger partial charge in [-0.25, -0.2) is 4.79 Å². The number of nitrogens with zero attached hydrogens (tertiary/aromatic N) is 1. The number of fused-ring (bicyclic) bond motifs is 1. The van der Waals surface area contributed by atoms with Gasteiger partial charge in [-0.05, 0) is 121 Å². The van der Waals surface area contributed by atoms with Gasteiger partial charge in [0.25, 0.3) is 0 Å². The third kappa shape index (κ3) is 8.28. The first kappa shape index (κ1) is 33.0. The standard InChI is InChI=1S/C39H52N2O4/c1-27-28(2)35-33(29(3)34(27)40-37(42)45-38(4,5)6)26-39(7,44-35)21-24-41-22-18-30(19-23-41)20-25-43-36(31-14-10-8-11-15-31)32-16-12-9-13-17-32/h8-17,30,36H,18-26H2,1-7H3,(H,40,42). The molecular weight excluding hydrogens is 560 g/mol. The van der Waals surface area contributed by atoms with Crippen LogP contribution in [0, 0.1) is 26.7 Å². The Hall–Kier alpha value is -3.35. The number of benzene rings is 3. The van der Waals surface area contributed by atoms with Crippen molar-refractivity contribution in [3.05, 3.63) is 94.0 Å². The Kier molecular flexibility index (Phi) is 10.2. The molecule has 2 aliphatic heterocycles. The van der Waals surface area contributed by atoms with Crippen LogP contribution in [0.2, 0.25) is 0 Å². The van der Waals surface area contributed by atoms with Crippen LogP contribution in [0.1, 0.15) is 92.9 Å². The van der Waals surface area contributed by atoms with Crippen LogP contribution in [-0.2, 0) is 15.9 Å². The fourth-order valence-corrected chi connectivity index (χ4v) is 6.81. The van der Waals surface area contributed by atoms with Gasteiger partial charge < -0.3 is 19.1 Å². The lowest BCUT2D eigenvalue weighted by Gasteiger charge is -2.34. The Bertz CT molecular complexity index is 1400. The minimum absolute atomic E-state index is 0.0241. The largest absolute Gasteiger partial charge is 0.487 e. The number of piperidine rings is 1. The molecule has 5 rings (SSSR count). The van der Waals surface area contributed by atoms with E-state index in [0.717, 1.165) is 73.6 Å². The maximum absolute atomic E-state index is 12.6. The second-order valence-electron chi connectivity index (χ2n) is 14.3. The molecule has 6 heteroatoms. The van der Waals surface area contributed by atoms with Crippen LogP contribution in [0.4, 0.5) is 10.5 Å². The van der Waals surface area contributed by atoms with Gasteiger partial charge >= 0.3 is 6.09 Å². The summed E-state index contributed by atoms with van der Waals surface area (Å²) in [6, 6.07) is 21.1. The summed E-state index contributed by atoms with van der Waals surface area (Å²) < 4.78 is 18.8. The number of anilines is 1. The molecule has 0 spiro atoms. The number of hydrogen-bond donors (Lipinski definition) is 1. The van der Waals surface area contributed by atoms with E-state index in [2.05, 4.69) is 91.7 Å². The number of amides is 1. The molecule has 2 aliphatic rings. The average molecular weight is 613 g/mol. The zero-order valence-corrected chi connectivity index (χ0v) is 28.4. The molecule has 3 aromatic rings. The smallest absolute Gasteiger partial charge is 0.412 e. The molecule has 242 valence electrons. The number of rotatable bonds is 10. The summed E-state index contributed by atoms with van der Waals surface area (Å²) in [6.45, 7) is 18.1. The predicted octanol–water partition coefficient (Wildman–Crippen LogP) is 8.95. The molecule has 45 heavy (non-hydrogen) atoms. The number of nitrogens with one attached hydrogen (secondary N) is 1. The molecule has 0 bridgehead atoms. The Morgan fingerprint density at radius 3 is 2.13 bits per heavy atom. The van der Waals surface area contributed by atoms with Crippen LogP contribution in [0.25, 0.3) is 0 Å². The van der Waals surface area contributed by atoms with E-state index in [1.807, 2.05) is 27.7 Å². The van der Waals surface area contributed by atoms with Gasteiger partial charge in [0.1, 0.15) is 23.1 Å². The first-order valence-electron chi connectivity index (χ1n) is 16.7. The van der Waals surface area contributed by atoms with E-state index in [1.165, 1.54) is 29.5 Å². The molecule has 1 unspecified atom stereocenters. The van der Waals surface area contributed by atoms with Crippen LogP contribution in [0.3, 0.4) is 0 Å². The van der Waals surface area contributed by atoms with Gasteiger partial charge in [0, 0.05) is 25.1 Å². The van der Waals surface area contributed by atoms with Crippen molar-refractivity contribution in [1.29, 1.82) is 0 Å². The van der Waals surface area contributed by atoms with Gasteiger partial charge in [0.05, 0.1) is 5.69 Å². The van der Waals surface area contributed by atoms with Gasteiger partial charge in [-0.3, -0.25) is 5.32 Å². The fourth-order valence-electron chi connectivity index (χ4n) is 6.81. The van der Waals surface area contributed by atoms with Crippen LogP contribution in [-0.4, -0.2) is 48.4 Å². The molecule has 1 saturated heterocycles. The van der Waals surface area contributed by atoms with E-state index in [1.54, 1.807) is 0 Å². The second-order valence-corrected chi connectivity index (χ2v) is 14.3. The number of carbonyl (C=O) groups is 1. The third-order valence-corrected chi connectivity index (χ3v) is 9.58. The van der Waals surface area contributed by atoms with E-state index in [4.69, 9.17) is 14.2 Å². The lowest BCUT2D eigenvalue weighted by atomic mass is 9.89. The highest BCUT2D eigenvalue weighted by atomic mass is 16.6. The van der Waals surface area contributed by atoms with Crippen LogP contribution < -0.4 is 10.1 Å². The monoisotopic (exact) mass is 612 g/mol. The van der Waals surface area contributed by atoms with Crippen LogP contribution in [0.15, 0.2) is 60.7 Å². The molecule has 1 fully saturated rings. The SMILES string of the molecule is Cc1c(C)c2c(c(C)c1NC(=O)OC(C)(C)C)CC(C)(CCN1CCC(CCOC(c3ccccc3)c3ccccc3)CC1)O2. The molecule has 1 atom stereocenters. The van der Waals surface area contributed by atoms with Crippen molar-refractivity contribution in [2.45, 2.75) is 97.9 Å². The Morgan fingerprint density at radius 1 is 0.956 bits per heavy atom. The zero-order valence-electron chi connectivity index (χ0n) is 28.4. The molecule has 3 aromatic carbocycles. The minimum atomic E-state index is -0.546. The van der Waals surface area contributed by atoms with Gasteiger partial charge in [-0.1, -0.05) is 60.7 Å². The first-order valence-corrected chi connectivity index (χ1v) is 16.7. The quantitative estimate of drug-likeness (QED) is 0.248. The molecule has 1 amide bonds. The maximum atomic E-state index is 12.6. The van der Waals surface area contributed by atoms with Gasteiger partial charge in [0.15, 0.2) is 0 Å². The third-order valence-electron chi connectivity index (χ3n) is 9.58. The van der Waals surface area contributed by atoms with E-state index in [9.17, 15) is 4.79 Å². The summed E-state index contributed by atoms with van der Waals surface area (Å²) in [6.07, 6.45) is 4.88. The summed E-state index contributed by atoms with van der Waals surface area (Å²) in [5.74, 6) is 1.69. The lowest BCUT2D eigenvalue weighted by Crippen LogP contribution is -2.40. The fraction of sp³-hybridized carbons (Fsp3) is 0.513. The molecule has 1 N–H and O–H groups in total. The van der Waals surface area contributed by atoms with Crippen molar-refractivity contribution in [2.24, 2.45) is 5.92 Å². The molecule has 0 radical (unpaired) electrons. The highest BCUT2D eigenvalue weighted by molar-refractivity contribution is 5.88. The molecule has 6 nitrogen and oxygen atoms in total. The van der Waals surface area contributed by atoms with Crippen LogP contribution in [0.5, 0.6) is 5.75 Å². The Balaban J connectivity index is 1.11. The van der Waals surface area contributed by atoms with Gasteiger partial charge in [0.2, 0.25) is 0 Å². The molecular formula is C39H52N2O4. The van der Waals surface area contributed by atoms with Gasteiger partial charge in [-0.15, -0.1) is 0 Å². The topological polar surface area (TPSA) is 60.0 Å². The molecule has 0 aromatic heterocycles. The summed E-state index contributed by atoms with van der Waals surface area (Å²) in [4.78, 5) is 15.2. The minimum Gasteiger partial charge on any atom is -0.487 e. The molecule has 0 saturated carbocycles. The summed E-state index contributed by atoms with van der Waals surface area (Å²) in [5.41, 5.74) is 6.86. The van der Waals surface area contributed by atoms with Crippen molar-refractivity contribution in [1.82, 2.24) is 4.90 Å². The lowest BCUT2D eigenvalue weighted by molar-refractivity contribution is 0.0542. The Morgan fingerprint density at radius 2 is 1.56 bits per heavy atom. The van der Waals surface area contributed by atoms with E-state index >= 15 is 0 Å². The van der Waals surface area contributed by atoms with Crippen LogP contribution >= 0.6 is 0 Å². The van der Waals surface area contributed by atoms with E-state index in [-0.39, 0.29) is 11.7 Å². The first-order chi connectivity index (χ1) is 21.4. The number of hydrogen-bond acceptors (Lipinski definition) is 5. The van der Waals surface area contributed by atoms with E-state index < -0.39 is 11.7 Å². The number of ether oxygens (including phenoxy) is 3. The maximum Gasteiger partial charge on any atom is 0.412 e. The normalized spacial score (nSPS) is 18.9. The summed E-state index contributed by atoms with van der Waals surface area (Å²) >= 11 is 0. The van der Waals surface area contributed by atoms with Crippen molar-refractivity contribution in [2.75, 3.05) is 31.6 Å². The molecule has 0 aliphatic carbocycles. The van der Waals surface area contributed by atoms with Crippen molar-refractivity contribution in [3.8, 4) is 5.75 Å². The van der Waals surface area contributed by atoms with E-state index in [0.29, 0.717) is 5.92 Å².